The number of piperidine rings is 2. The molecule has 0 saturated carbocycles. The first-order chi connectivity index (χ1) is 13.1. The van der Waals surface area contributed by atoms with Gasteiger partial charge < -0.3 is 9.47 Å². The fraction of sp³-hybridized carbons (Fsp3) is 0.650. The molecule has 1 amide bonds. The van der Waals surface area contributed by atoms with Gasteiger partial charge in [0.05, 0.1) is 11.4 Å². The zero-order valence-electron chi connectivity index (χ0n) is 16.4. The Balaban J connectivity index is 1.44. The van der Waals surface area contributed by atoms with E-state index in [2.05, 4.69) is 26.7 Å². The minimum atomic E-state index is 0.161. The van der Waals surface area contributed by atoms with E-state index in [1.54, 1.807) is 11.3 Å². The molecule has 0 N–H and O–H groups in total. The predicted octanol–water partition coefficient (Wildman–Crippen LogP) is 3.19. The minimum absolute atomic E-state index is 0.161. The molecule has 0 unspecified atom stereocenters. The van der Waals surface area contributed by atoms with E-state index in [-0.39, 0.29) is 11.8 Å². The molecular weight excluding hydrogens is 358 g/mol. The van der Waals surface area contributed by atoms with Gasteiger partial charge in [-0.15, -0.1) is 21.5 Å². The molecule has 27 heavy (non-hydrogen) atoms. The Kier molecular flexibility index (Phi) is 5.59. The molecule has 2 aliphatic heterocycles. The second kappa shape index (κ2) is 8.10. The molecule has 2 aromatic rings. The van der Waals surface area contributed by atoms with Crippen LogP contribution in [-0.2, 0) is 13.6 Å². The second-order valence-electron chi connectivity index (χ2n) is 7.87. The van der Waals surface area contributed by atoms with Gasteiger partial charge in [-0.2, -0.15) is 0 Å². The van der Waals surface area contributed by atoms with Crippen molar-refractivity contribution in [3.8, 4) is 0 Å². The van der Waals surface area contributed by atoms with E-state index < -0.39 is 0 Å². The van der Waals surface area contributed by atoms with Crippen LogP contribution in [-0.4, -0.2) is 56.7 Å². The molecule has 1 atom stereocenters. The molecule has 7 heteroatoms. The van der Waals surface area contributed by atoms with Gasteiger partial charge in [-0.05, 0) is 57.8 Å². The quantitative estimate of drug-likeness (QED) is 0.808. The summed E-state index contributed by atoms with van der Waals surface area (Å²) in [6.07, 6.45) is 6.01. The number of carbonyl (C=O) groups is 1. The van der Waals surface area contributed by atoms with E-state index >= 15 is 0 Å². The molecule has 2 aliphatic rings. The van der Waals surface area contributed by atoms with E-state index in [1.807, 2.05) is 24.0 Å². The van der Waals surface area contributed by atoms with Crippen molar-refractivity contribution in [2.75, 3.05) is 26.2 Å². The summed E-state index contributed by atoms with van der Waals surface area (Å²) < 4.78 is 2.17. The minimum Gasteiger partial charge on any atom is -0.337 e. The van der Waals surface area contributed by atoms with Crippen LogP contribution in [0.3, 0.4) is 0 Å². The highest BCUT2D eigenvalue weighted by molar-refractivity contribution is 7.13. The van der Waals surface area contributed by atoms with Gasteiger partial charge in [0.15, 0.2) is 0 Å². The number of nitrogens with zero attached hydrogens (tertiary/aromatic N) is 5. The second-order valence-corrected chi connectivity index (χ2v) is 9.16. The monoisotopic (exact) mass is 387 g/mol. The standard InChI is InChI=1S/C20H29N5OS/c1-15-8-9-17(27-15)20(26)25-12-6-7-16(13-25)19-22-21-18(23(19)2)14-24-10-4-3-5-11-24/h8-9,16H,3-7,10-14H2,1-2H3/t16-/m0/s1. The topological polar surface area (TPSA) is 54.3 Å². The number of carbonyl (C=O) groups excluding carboxylic acids is 1. The molecule has 0 bridgehead atoms. The average Bonchev–Trinajstić information content (AvgIpc) is 3.28. The zero-order valence-corrected chi connectivity index (χ0v) is 17.2. The fourth-order valence-electron chi connectivity index (χ4n) is 4.26. The highest BCUT2D eigenvalue weighted by Crippen LogP contribution is 2.28. The molecule has 2 fully saturated rings. The van der Waals surface area contributed by atoms with Crippen LogP contribution in [0.15, 0.2) is 12.1 Å². The Bertz CT molecular complexity index is 792. The summed E-state index contributed by atoms with van der Waals surface area (Å²) in [5.74, 6) is 2.51. The lowest BCUT2D eigenvalue weighted by Gasteiger charge is -2.32. The third-order valence-corrected chi connectivity index (χ3v) is 6.83. The molecule has 2 aromatic heterocycles. The number of hydrogen-bond acceptors (Lipinski definition) is 5. The first kappa shape index (κ1) is 18.6. The van der Waals surface area contributed by atoms with Gasteiger partial charge in [0, 0.05) is 30.9 Å². The van der Waals surface area contributed by atoms with Crippen LogP contribution in [0, 0.1) is 6.92 Å². The maximum Gasteiger partial charge on any atom is 0.263 e. The van der Waals surface area contributed by atoms with Crippen LogP contribution in [0.4, 0.5) is 0 Å². The fourth-order valence-corrected chi connectivity index (χ4v) is 5.10. The average molecular weight is 388 g/mol. The summed E-state index contributed by atoms with van der Waals surface area (Å²) in [5.41, 5.74) is 0. The maximum absolute atomic E-state index is 12.8. The molecule has 4 heterocycles. The van der Waals surface area contributed by atoms with Gasteiger partial charge in [0.2, 0.25) is 0 Å². The van der Waals surface area contributed by atoms with E-state index in [0.717, 1.165) is 62.1 Å². The SMILES string of the molecule is Cc1ccc(C(=O)N2CCC[C@H](c3nnc(CN4CCCCC4)n3C)C2)s1. The van der Waals surface area contributed by atoms with Crippen molar-refractivity contribution in [3.63, 3.8) is 0 Å². The number of aromatic nitrogens is 3. The van der Waals surface area contributed by atoms with Crippen molar-refractivity contribution in [2.24, 2.45) is 7.05 Å². The highest BCUT2D eigenvalue weighted by atomic mass is 32.1. The number of hydrogen-bond donors (Lipinski definition) is 0. The maximum atomic E-state index is 12.8. The van der Waals surface area contributed by atoms with Crippen LogP contribution < -0.4 is 0 Å². The summed E-state index contributed by atoms with van der Waals surface area (Å²) >= 11 is 1.58. The first-order valence-corrected chi connectivity index (χ1v) is 10.9. The summed E-state index contributed by atoms with van der Waals surface area (Å²) in [7, 11) is 2.08. The zero-order chi connectivity index (χ0) is 18.8. The molecule has 4 rings (SSSR count). The van der Waals surface area contributed by atoms with Crippen LogP contribution in [0.5, 0.6) is 0 Å². The number of aryl methyl sites for hydroxylation is 1. The predicted molar refractivity (Wildman–Crippen MR) is 107 cm³/mol. The largest absolute Gasteiger partial charge is 0.337 e. The number of likely N-dealkylation sites (tertiary alicyclic amines) is 2. The third kappa shape index (κ3) is 4.09. The lowest BCUT2D eigenvalue weighted by Crippen LogP contribution is -2.39. The summed E-state index contributed by atoms with van der Waals surface area (Å²) in [4.78, 5) is 19.3. The Morgan fingerprint density at radius 1 is 1.15 bits per heavy atom. The lowest BCUT2D eigenvalue weighted by atomic mass is 9.97. The Morgan fingerprint density at radius 3 is 2.70 bits per heavy atom. The molecule has 0 aliphatic carbocycles. The van der Waals surface area contributed by atoms with E-state index in [4.69, 9.17) is 0 Å². The van der Waals surface area contributed by atoms with Crippen molar-refractivity contribution in [2.45, 2.75) is 51.5 Å². The van der Waals surface area contributed by atoms with Crippen LogP contribution in [0.25, 0.3) is 0 Å². The summed E-state index contributed by atoms with van der Waals surface area (Å²) in [6.45, 7) is 6.83. The number of rotatable bonds is 4. The summed E-state index contributed by atoms with van der Waals surface area (Å²) in [6, 6.07) is 3.97. The lowest BCUT2D eigenvalue weighted by molar-refractivity contribution is 0.0708. The first-order valence-electron chi connectivity index (χ1n) is 10.1. The van der Waals surface area contributed by atoms with Crippen molar-refractivity contribution in [1.29, 1.82) is 0 Å². The molecular formula is C20H29N5OS. The van der Waals surface area contributed by atoms with E-state index in [9.17, 15) is 4.79 Å². The van der Waals surface area contributed by atoms with Gasteiger partial charge in [-0.25, -0.2) is 0 Å². The smallest absolute Gasteiger partial charge is 0.263 e. The van der Waals surface area contributed by atoms with Crippen molar-refractivity contribution in [1.82, 2.24) is 24.6 Å². The van der Waals surface area contributed by atoms with Crippen molar-refractivity contribution < 1.29 is 4.79 Å². The molecule has 6 nitrogen and oxygen atoms in total. The molecule has 146 valence electrons. The van der Waals surface area contributed by atoms with E-state index in [1.165, 1.54) is 24.1 Å². The van der Waals surface area contributed by atoms with Crippen LogP contribution in [0.2, 0.25) is 0 Å². The van der Waals surface area contributed by atoms with Gasteiger partial charge >= 0.3 is 0 Å². The normalized spacial score (nSPS) is 21.6. The Hall–Kier alpha value is -1.73. The molecule has 2 saturated heterocycles. The van der Waals surface area contributed by atoms with Gasteiger partial charge in [-0.1, -0.05) is 6.42 Å². The van der Waals surface area contributed by atoms with Crippen LogP contribution >= 0.6 is 11.3 Å². The Morgan fingerprint density at radius 2 is 1.96 bits per heavy atom. The number of amides is 1. The Labute approximate surface area is 165 Å². The van der Waals surface area contributed by atoms with E-state index in [0.29, 0.717) is 0 Å². The molecule has 0 radical (unpaired) electrons. The molecule has 0 aromatic carbocycles. The number of thiophene rings is 1. The van der Waals surface area contributed by atoms with Gasteiger partial charge in [-0.3, -0.25) is 9.69 Å². The van der Waals surface area contributed by atoms with Gasteiger partial charge in [0.25, 0.3) is 5.91 Å². The van der Waals surface area contributed by atoms with Gasteiger partial charge in [0.1, 0.15) is 11.6 Å². The van der Waals surface area contributed by atoms with Crippen molar-refractivity contribution >= 4 is 17.2 Å². The summed E-state index contributed by atoms with van der Waals surface area (Å²) in [5, 5.41) is 9.01. The van der Waals surface area contributed by atoms with Crippen molar-refractivity contribution in [3.05, 3.63) is 33.5 Å². The van der Waals surface area contributed by atoms with Crippen LogP contribution in [0.1, 0.15) is 64.2 Å². The third-order valence-electron chi connectivity index (χ3n) is 5.84. The molecule has 0 spiro atoms. The highest BCUT2D eigenvalue weighted by Gasteiger charge is 2.29.